The minimum Gasteiger partial charge on any atom is -0.497 e. The topological polar surface area (TPSA) is 41.9 Å². The smallest absolute Gasteiger partial charge is 0.168 e. The van der Waals surface area contributed by atoms with E-state index in [2.05, 4.69) is 9.89 Å². The van der Waals surface area contributed by atoms with Gasteiger partial charge in [0.25, 0.3) is 0 Å². The van der Waals surface area contributed by atoms with E-state index < -0.39 is 0 Å². The van der Waals surface area contributed by atoms with Crippen molar-refractivity contribution in [3.8, 4) is 5.75 Å². The maximum atomic E-state index is 12.3. The van der Waals surface area contributed by atoms with Crippen LogP contribution in [0.1, 0.15) is 16.8 Å². The normalized spacial score (nSPS) is 17.0. The number of carbonyl (C=O) groups is 1. The fraction of sp³-hybridized carbons (Fsp3) is 0.286. The summed E-state index contributed by atoms with van der Waals surface area (Å²) in [4.78, 5) is 18.8. The number of ether oxygens (including phenoxy) is 1. The Morgan fingerprint density at radius 3 is 3.26 bits per heavy atom. The SMILES string of the molecule is COc1cccc(C(=O)CC2=CSC3=NCCN23)c1. The zero-order chi connectivity index (χ0) is 13.2. The highest BCUT2D eigenvalue weighted by atomic mass is 32.2. The molecule has 0 saturated carbocycles. The van der Waals surface area contributed by atoms with Crippen LogP contribution in [-0.4, -0.2) is 36.1 Å². The van der Waals surface area contributed by atoms with Gasteiger partial charge in [-0.15, -0.1) is 0 Å². The third-order valence-corrected chi connectivity index (χ3v) is 4.13. The molecule has 0 aromatic heterocycles. The van der Waals surface area contributed by atoms with E-state index in [1.165, 1.54) is 0 Å². The van der Waals surface area contributed by atoms with Crippen molar-refractivity contribution < 1.29 is 9.53 Å². The molecule has 1 aromatic carbocycles. The van der Waals surface area contributed by atoms with Crippen LogP contribution in [0.4, 0.5) is 0 Å². The molecule has 1 aromatic rings. The molecule has 0 unspecified atom stereocenters. The Kier molecular flexibility index (Phi) is 3.29. The fourth-order valence-corrected chi connectivity index (χ4v) is 3.13. The van der Waals surface area contributed by atoms with Crippen LogP contribution < -0.4 is 4.74 Å². The molecule has 0 bridgehead atoms. The maximum absolute atomic E-state index is 12.3. The number of hydrogen-bond donors (Lipinski definition) is 0. The molecule has 3 rings (SSSR count). The van der Waals surface area contributed by atoms with Crippen molar-refractivity contribution >= 4 is 22.7 Å². The lowest BCUT2D eigenvalue weighted by atomic mass is 10.1. The van der Waals surface area contributed by atoms with Crippen LogP contribution in [0.3, 0.4) is 0 Å². The van der Waals surface area contributed by atoms with E-state index in [1.54, 1.807) is 24.9 Å². The molecular formula is C14H14N2O2S. The molecular weight excluding hydrogens is 260 g/mol. The first-order chi connectivity index (χ1) is 9.28. The number of thioether (sulfide) groups is 1. The number of hydrogen-bond acceptors (Lipinski definition) is 5. The van der Waals surface area contributed by atoms with Gasteiger partial charge in [-0.3, -0.25) is 9.79 Å². The van der Waals surface area contributed by atoms with Crippen LogP contribution in [0, 0.1) is 0 Å². The molecule has 4 nitrogen and oxygen atoms in total. The predicted octanol–water partition coefficient (Wildman–Crippen LogP) is 2.53. The standard InChI is InChI=1S/C14H14N2O2S/c1-18-12-4-2-3-10(7-12)13(17)8-11-9-19-14-15-5-6-16(11)14/h2-4,7,9H,5-6,8H2,1H3. The van der Waals surface area contributed by atoms with Crippen molar-refractivity contribution in [2.75, 3.05) is 20.2 Å². The van der Waals surface area contributed by atoms with E-state index in [4.69, 9.17) is 4.74 Å². The van der Waals surface area contributed by atoms with Gasteiger partial charge in [-0.1, -0.05) is 23.9 Å². The van der Waals surface area contributed by atoms with Crippen LogP contribution in [0.5, 0.6) is 5.75 Å². The van der Waals surface area contributed by atoms with E-state index in [1.807, 2.05) is 23.6 Å². The fourth-order valence-electron chi connectivity index (χ4n) is 2.18. The van der Waals surface area contributed by atoms with Crippen molar-refractivity contribution in [3.63, 3.8) is 0 Å². The lowest BCUT2D eigenvalue weighted by Gasteiger charge is -2.15. The van der Waals surface area contributed by atoms with Crippen LogP contribution in [0.25, 0.3) is 0 Å². The average molecular weight is 274 g/mol. The quantitative estimate of drug-likeness (QED) is 0.791. The third kappa shape index (κ3) is 2.38. The molecule has 5 heteroatoms. The molecule has 2 heterocycles. The summed E-state index contributed by atoms with van der Waals surface area (Å²) in [6.07, 6.45) is 0.416. The Morgan fingerprint density at radius 2 is 2.42 bits per heavy atom. The van der Waals surface area contributed by atoms with Crippen molar-refractivity contribution in [1.29, 1.82) is 0 Å². The van der Waals surface area contributed by atoms with Crippen molar-refractivity contribution in [1.82, 2.24) is 4.90 Å². The summed E-state index contributed by atoms with van der Waals surface area (Å²) < 4.78 is 5.14. The second kappa shape index (κ2) is 5.09. The van der Waals surface area contributed by atoms with Crippen LogP contribution >= 0.6 is 11.8 Å². The molecule has 0 saturated heterocycles. The number of benzene rings is 1. The summed E-state index contributed by atoms with van der Waals surface area (Å²) in [7, 11) is 1.60. The Bertz CT molecular complexity index is 581. The maximum Gasteiger partial charge on any atom is 0.168 e. The van der Waals surface area contributed by atoms with Gasteiger partial charge >= 0.3 is 0 Å². The van der Waals surface area contributed by atoms with Crippen LogP contribution in [0.2, 0.25) is 0 Å². The summed E-state index contributed by atoms with van der Waals surface area (Å²) in [5, 5.41) is 3.05. The van der Waals surface area contributed by atoms with Crippen molar-refractivity contribution in [3.05, 3.63) is 40.9 Å². The summed E-state index contributed by atoms with van der Waals surface area (Å²) in [5.41, 5.74) is 1.74. The molecule has 98 valence electrons. The molecule has 2 aliphatic heterocycles. The van der Waals surface area contributed by atoms with Crippen molar-refractivity contribution in [2.45, 2.75) is 6.42 Å². The number of fused-ring (bicyclic) bond motifs is 1. The van der Waals surface area contributed by atoms with E-state index in [0.717, 1.165) is 24.0 Å². The predicted molar refractivity (Wildman–Crippen MR) is 76.6 cm³/mol. The van der Waals surface area contributed by atoms with Crippen LogP contribution in [-0.2, 0) is 0 Å². The summed E-state index contributed by atoms with van der Waals surface area (Å²) in [5.74, 6) is 0.822. The number of aliphatic imine (C=N–C) groups is 1. The number of ketones is 1. The zero-order valence-corrected chi connectivity index (χ0v) is 11.4. The monoisotopic (exact) mass is 274 g/mol. The molecule has 0 atom stereocenters. The van der Waals surface area contributed by atoms with Crippen LogP contribution in [0.15, 0.2) is 40.4 Å². The van der Waals surface area contributed by atoms with Crippen molar-refractivity contribution in [2.24, 2.45) is 4.99 Å². The molecule has 0 aliphatic carbocycles. The lowest BCUT2D eigenvalue weighted by Crippen LogP contribution is -2.22. The highest BCUT2D eigenvalue weighted by Crippen LogP contribution is 2.31. The Hall–Kier alpha value is -1.75. The second-order valence-corrected chi connectivity index (χ2v) is 5.21. The first-order valence-corrected chi connectivity index (χ1v) is 7.01. The van der Waals surface area contributed by atoms with Gasteiger partial charge in [-0.2, -0.15) is 0 Å². The highest BCUT2D eigenvalue weighted by molar-refractivity contribution is 8.16. The first-order valence-electron chi connectivity index (χ1n) is 6.13. The molecule has 0 fully saturated rings. The largest absolute Gasteiger partial charge is 0.497 e. The number of amidine groups is 1. The summed E-state index contributed by atoms with van der Waals surface area (Å²) in [6.45, 7) is 1.71. The number of methoxy groups -OCH3 is 1. The van der Waals surface area contributed by atoms with E-state index in [-0.39, 0.29) is 5.78 Å². The van der Waals surface area contributed by atoms with Gasteiger partial charge in [-0.25, -0.2) is 0 Å². The number of nitrogens with zero attached hydrogens (tertiary/aromatic N) is 2. The third-order valence-electron chi connectivity index (χ3n) is 3.18. The zero-order valence-electron chi connectivity index (χ0n) is 10.6. The van der Waals surface area contributed by atoms with Gasteiger partial charge in [0.1, 0.15) is 5.75 Å². The van der Waals surface area contributed by atoms with Gasteiger partial charge in [-0.05, 0) is 17.5 Å². The minimum atomic E-state index is 0.110. The first kappa shape index (κ1) is 12.3. The Balaban J connectivity index is 1.73. The summed E-state index contributed by atoms with van der Waals surface area (Å²) in [6, 6.07) is 7.29. The van der Waals surface area contributed by atoms with Gasteiger partial charge < -0.3 is 9.64 Å². The van der Waals surface area contributed by atoms with E-state index in [9.17, 15) is 4.79 Å². The molecule has 2 aliphatic rings. The molecule has 0 radical (unpaired) electrons. The van der Waals surface area contributed by atoms with E-state index in [0.29, 0.717) is 17.7 Å². The number of allylic oxidation sites excluding steroid dienone is 1. The minimum absolute atomic E-state index is 0.110. The van der Waals surface area contributed by atoms with E-state index >= 15 is 0 Å². The number of rotatable bonds is 4. The van der Waals surface area contributed by atoms with Gasteiger partial charge in [0, 0.05) is 17.8 Å². The molecule has 0 N–H and O–H groups in total. The second-order valence-electron chi connectivity index (χ2n) is 4.37. The average Bonchev–Trinajstić information content (AvgIpc) is 3.04. The Labute approximate surface area is 116 Å². The number of carbonyl (C=O) groups excluding carboxylic acids is 1. The summed E-state index contributed by atoms with van der Waals surface area (Å²) >= 11 is 1.60. The highest BCUT2D eigenvalue weighted by Gasteiger charge is 2.27. The molecule has 19 heavy (non-hydrogen) atoms. The van der Waals surface area contributed by atoms with Gasteiger partial charge in [0.15, 0.2) is 11.0 Å². The molecule has 0 amide bonds. The number of Topliss-reactive ketones (excluding diaryl/α,β-unsaturated/α-hetero) is 1. The Morgan fingerprint density at radius 1 is 1.53 bits per heavy atom. The molecule has 0 spiro atoms. The van der Waals surface area contributed by atoms with Gasteiger partial charge in [0.2, 0.25) is 0 Å². The van der Waals surface area contributed by atoms with Gasteiger partial charge in [0.05, 0.1) is 20.1 Å². The lowest BCUT2D eigenvalue weighted by molar-refractivity contribution is 0.0987.